The van der Waals surface area contributed by atoms with Gasteiger partial charge in [0.2, 0.25) is 5.91 Å². The largest absolute Gasteiger partial charge is 0.355 e. The van der Waals surface area contributed by atoms with Crippen molar-refractivity contribution in [2.45, 2.75) is 32.7 Å². The van der Waals surface area contributed by atoms with E-state index in [1.165, 1.54) is 27.6 Å². The highest BCUT2D eigenvalue weighted by Crippen LogP contribution is 2.24. The number of likely N-dealkylation sites (N-methyl/N-ethyl adjacent to an activating group) is 1. The first-order valence-electron chi connectivity index (χ1n) is 10.1. The van der Waals surface area contributed by atoms with Gasteiger partial charge in [0.25, 0.3) is 0 Å². The fraction of sp³-hybridized carbons (Fsp3) is 0.375. The first-order chi connectivity index (χ1) is 13.5. The van der Waals surface area contributed by atoms with Crippen molar-refractivity contribution in [3.63, 3.8) is 0 Å². The quantitative estimate of drug-likeness (QED) is 0.612. The number of nitrogens with zero attached hydrogens (tertiary/aromatic N) is 2. The van der Waals surface area contributed by atoms with Crippen LogP contribution in [-0.2, 0) is 17.8 Å². The number of fused-ring (bicyclic) bond motifs is 1. The average molecular weight is 378 g/mol. The van der Waals surface area contributed by atoms with Crippen molar-refractivity contribution >= 4 is 16.8 Å². The van der Waals surface area contributed by atoms with Crippen molar-refractivity contribution < 1.29 is 4.79 Å². The van der Waals surface area contributed by atoms with Crippen LogP contribution in [0.15, 0.2) is 54.7 Å². The summed E-state index contributed by atoms with van der Waals surface area (Å²) in [7, 11) is 4.03. The van der Waals surface area contributed by atoms with Crippen molar-refractivity contribution in [1.29, 1.82) is 0 Å². The zero-order valence-electron chi connectivity index (χ0n) is 17.2. The van der Waals surface area contributed by atoms with Gasteiger partial charge >= 0.3 is 0 Å². The predicted molar refractivity (Wildman–Crippen MR) is 117 cm³/mol. The van der Waals surface area contributed by atoms with Crippen molar-refractivity contribution in [2.24, 2.45) is 0 Å². The lowest BCUT2D eigenvalue weighted by Gasteiger charge is -2.10. The molecule has 0 bridgehead atoms. The Morgan fingerprint density at radius 1 is 1.04 bits per heavy atom. The molecule has 0 aliphatic rings. The number of benzene rings is 2. The maximum atomic E-state index is 12.0. The van der Waals surface area contributed by atoms with Crippen LogP contribution >= 0.6 is 0 Å². The monoisotopic (exact) mass is 377 g/mol. The van der Waals surface area contributed by atoms with Gasteiger partial charge in [0.15, 0.2) is 0 Å². The number of amides is 1. The number of hydrogen-bond donors (Lipinski definition) is 1. The normalized spacial score (nSPS) is 11.3. The Balaban J connectivity index is 1.65. The van der Waals surface area contributed by atoms with Gasteiger partial charge in [0, 0.05) is 43.2 Å². The second-order valence-corrected chi connectivity index (χ2v) is 7.73. The van der Waals surface area contributed by atoms with Crippen LogP contribution in [0.2, 0.25) is 0 Å². The molecule has 1 N–H and O–H groups in total. The van der Waals surface area contributed by atoms with Crippen molar-refractivity contribution in [1.82, 2.24) is 14.8 Å². The molecule has 0 saturated carbocycles. The molecule has 28 heavy (non-hydrogen) atoms. The summed E-state index contributed by atoms with van der Waals surface area (Å²) in [6.07, 6.45) is 4.63. The van der Waals surface area contributed by atoms with E-state index in [2.05, 4.69) is 76.4 Å². The minimum absolute atomic E-state index is 0.144. The fourth-order valence-corrected chi connectivity index (χ4v) is 3.57. The molecule has 0 saturated heterocycles. The van der Waals surface area contributed by atoms with Gasteiger partial charge in [-0.15, -0.1) is 0 Å². The van der Waals surface area contributed by atoms with Crippen LogP contribution < -0.4 is 5.32 Å². The van der Waals surface area contributed by atoms with Crippen LogP contribution in [0.3, 0.4) is 0 Å². The molecular formula is C24H31N3O. The molecule has 2 aromatic carbocycles. The van der Waals surface area contributed by atoms with E-state index in [0.717, 1.165) is 25.9 Å². The Hall–Kier alpha value is -2.59. The summed E-state index contributed by atoms with van der Waals surface area (Å²) >= 11 is 0. The average Bonchev–Trinajstić information content (AvgIpc) is 3.01. The number of carbonyl (C=O) groups excluding carboxylic acids is 1. The Kier molecular flexibility index (Phi) is 6.88. The molecule has 4 heteroatoms. The van der Waals surface area contributed by atoms with E-state index in [9.17, 15) is 4.79 Å². The highest BCUT2D eigenvalue weighted by atomic mass is 16.1. The molecular weight excluding hydrogens is 346 g/mol. The number of aryl methyl sites for hydroxylation is 2. The minimum atomic E-state index is 0.144. The van der Waals surface area contributed by atoms with Crippen LogP contribution in [0.5, 0.6) is 0 Å². The van der Waals surface area contributed by atoms with Gasteiger partial charge in [-0.25, -0.2) is 0 Å². The van der Waals surface area contributed by atoms with Gasteiger partial charge in [-0.1, -0.05) is 42.5 Å². The molecule has 0 unspecified atom stereocenters. The first-order valence-corrected chi connectivity index (χ1v) is 10.1. The summed E-state index contributed by atoms with van der Waals surface area (Å²) in [5.41, 5.74) is 5.24. The SMILES string of the molecule is Cc1ccccc1Cn1cc(CCCC(=O)NCCN(C)C)c2ccccc21. The Morgan fingerprint density at radius 2 is 1.79 bits per heavy atom. The molecule has 0 aliphatic carbocycles. The van der Waals surface area contributed by atoms with E-state index in [0.29, 0.717) is 13.0 Å². The van der Waals surface area contributed by atoms with E-state index >= 15 is 0 Å². The lowest BCUT2D eigenvalue weighted by molar-refractivity contribution is -0.121. The van der Waals surface area contributed by atoms with Crippen LogP contribution in [0.4, 0.5) is 0 Å². The number of rotatable bonds is 9. The molecule has 0 fully saturated rings. The Bertz CT molecular complexity index is 926. The molecule has 0 radical (unpaired) electrons. The molecule has 3 aromatic rings. The lowest BCUT2D eigenvalue weighted by Crippen LogP contribution is -2.31. The molecule has 0 aliphatic heterocycles. The van der Waals surface area contributed by atoms with E-state index < -0.39 is 0 Å². The molecule has 1 aromatic heterocycles. The summed E-state index contributed by atoms with van der Waals surface area (Å²) in [5, 5.41) is 4.29. The predicted octanol–water partition coefficient (Wildman–Crippen LogP) is 4.00. The van der Waals surface area contributed by atoms with Gasteiger partial charge < -0.3 is 14.8 Å². The number of nitrogens with one attached hydrogen (secondary N) is 1. The Labute approximate surface area is 168 Å². The number of para-hydroxylation sites is 1. The van der Waals surface area contributed by atoms with E-state index in [1.54, 1.807) is 0 Å². The first kappa shape index (κ1) is 20.2. The summed E-state index contributed by atoms with van der Waals surface area (Å²) in [6, 6.07) is 17.1. The molecule has 148 valence electrons. The summed E-state index contributed by atoms with van der Waals surface area (Å²) in [6.45, 7) is 4.62. The molecule has 4 nitrogen and oxygen atoms in total. The highest BCUT2D eigenvalue weighted by molar-refractivity contribution is 5.84. The second kappa shape index (κ2) is 9.56. The van der Waals surface area contributed by atoms with Crippen LogP contribution in [-0.4, -0.2) is 42.6 Å². The zero-order valence-corrected chi connectivity index (χ0v) is 17.2. The highest BCUT2D eigenvalue weighted by Gasteiger charge is 2.10. The standard InChI is InChI=1S/C24H31N3O/c1-19-9-4-5-10-20(19)17-27-18-21(22-12-6-7-13-23(22)27)11-8-14-24(28)25-15-16-26(2)3/h4-7,9-10,12-13,18H,8,11,14-17H2,1-3H3,(H,25,28). The number of hydrogen-bond acceptors (Lipinski definition) is 2. The van der Waals surface area contributed by atoms with Gasteiger partial charge in [-0.3, -0.25) is 4.79 Å². The summed E-state index contributed by atoms with van der Waals surface area (Å²) in [4.78, 5) is 14.1. The van der Waals surface area contributed by atoms with E-state index in [4.69, 9.17) is 0 Å². The van der Waals surface area contributed by atoms with Gasteiger partial charge in [0.05, 0.1) is 0 Å². The number of carbonyl (C=O) groups is 1. The number of aromatic nitrogens is 1. The fourth-order valence-electron chi connectivity index (χ4n) is 3.57. The van der Waals surface area contributed by atoms with Crippen molar-refractivity contribution in [2.75, 3.05) is 27.2 Å². The van der Waals surface area contributed by atoms with Gasteiger partial charge in [0.1, 0.15) is 0 Å². The van der Waals surface area contributed by atoms with Crippen LogP contribution in [0.1, 0.15) is 29.5 Å². The maximum Gasteiger partial charge on any atom is 0.220 e. The van der Waals surface area contributed by atoms with Crippen LogP contribution in [0, 0.1) is 6.92 Å². The van der Waals surface area contributed by atoms with E-state index in [-0.39, 0.29) is 5.91 Å². The smallest absolute Gasteiger partial charge is 0.220 e. The third kappa shape index (κ3) is 5.23. The third-order valence-electron chi connectivity index (χ3n) is 5.20. The summed E-state index contributed by atoms with van der Waals surface area (Å²) in [5.74, 6) is 0.144. The van der Waals surface area contributed by atoms with Gasteiger partial charge in [-0.05, 0) is 56.6 Å². The second-order valence-electron chi connectivity index (χ2n) is 7.73. The van der Waals surface area contributed by atoms with Gasteiger partial charge in [-0.2, -0.15) is 0 Å². The zero-order chi connectivity index (χ0) is 19.9. The van der Waals surface area contributed by atoms with E-state index in [1.807, 2.05) is 14.1 Å². The van der Waals surface area contributed by atoms with Crippen LogP contribution in [0.25, 0.3) is 10.9 Å². The topological polar surface area (TPSA) is 37.3 Å². The molecule has 3 rings (SSSR count). The molecule has 1 amide bonds. The van der Waals surface area contributed by atoms with Crippen molar-refractivity contribution in [3.05, 3.63) is 71.4 Å². The third-order valence-corrected chi connectivity index (χ3v) is 5.20. The molecule has 0 atom stereocenters. The lowest BCUT2D eigenvalue weighted by atomic mass is 10.1. The minimum Gasteiger partial charge on any atom is -0.355 e. The molecule has 0 spiro atoms. The van der Waals surface area contributed by atoms with Crippen molar-refractivity contribution in [3.8, 4) is 0 Å². The molecule has 1 heterocycles. The summed E-state index contributed by atoms with van der Waals surface area (Å²) < 4.78 is 2.34. The maximum absolute atomic E-state index is 12.0. The Morgan fingerprint density at radius 3 is 2.57 bits per heavy atom.